The zero-order valence-corrected chi connectivity index (χ0v) is 8.74. The molecule has 1 aromatic rings. The highest BCUT2D eigenvalue weighted by Crippen LogP contribution is 2.30. The smallest absolute Gasteiger partial charge is 0.0440 e. The van der Waals surface area contributed by atoms with Crippen molar-refractivity contribution in [2.24, 2.45) is 5.73 Å². The highest BCUT2D eigenvalue weighted by Gasteiger charge is 2.27. The standard InChI is InChI=1S/C12H19NO/c1-2-12(10-13,8-9-14)11-6-4-3-5-7-11/h3-7,14H,2,8-10,13H2,1H3. The van der Waals surface area contributed by atoms with E-state index in [9.17, 15) is 0 Å². The summed E-state index contributed by atoms with van der Waals surface area (Å²) in [4.78, 5) is 0. The van der Waals surface area contributed by atoms with Crippen LogP contribution in [0.3, 0.4) is 0 Å². The van der Waals surface area contributed by atoms with Crippen molar-refractivity contribution in [3.8, 4) is 0 Å². The molecule has 14 heavy (non-hydrogen) atoms. The average Bonchev–Trinajstić information content (AvgIpc) is 2.27. The van der Waals surface area contributed by atoms with Crippen LogP contribution < -0.4 is 5.73 Å². The first kappa shape index (κ1) is 11.2. The molecule has 0 aliphatic carbocycles. The monoisotopic (exact) mass is 193 g/mol. The van der Waals surface area contributed by atoms with E-state index in [-0.39, 0.29) is 12.0 Å². The van der Waals surface area contributed by atoms with E-state index >= 15 is 0 Å². The van der Waals surface area contributed by atoms with Crippen molar-refractivity contribution in [2.45, 2.75) is 25.2 Å². The van der Waals surface area contributed by atoms with E-state index in [2.05, 4.69) is 19.1 Å². The minimum Gasteiger partial charge on any atom is -0.396 e. The van der Waals surface area contributed by atoms with Crippen molar-refractivity contribution in [1.29, 1.82) is 0 Å². The molecular weight excluding hydrogens is 174 g/mol. The quantitative estimate of drug-likeness (QED) is 0.747. The van der Waals surface area contributed by atoms with E-state index in [0.717, 1.165) is 12.8 Å². The van der Waals surface area contributed by atoms with Crippen molar-refractivity contribution in [1.82, 2.24) is 0 Å². The van der Waals surface area contributed by atoms with Gasteiger partial charge in [0.05, 0.1) is 0 Å². The summed E-state index contributed by atoms with van der Waals surface area (Å²) in [5.74, 6) is 0. The molecule has 0 saturated carbocycles. The first-order valence-electron chi connectivity index (χ1n) is 5.15. The summed E-state index contributed by atoms with van der Waals surface area (Å²) in [6.07, 6.45) is 1.71. The predicted octanol–water partition coefficient (Wildman–Crippen LogP) is 1.68. The summed E-state index contributed by atoms with van der Waals surface area (Å²) < 4.78 is 0. The summed E-state index contributed by atoms with van der Waals surface area (Å²) in [5, 5.41) is 9.07. The van der Waals surface area contributed by atoms with Crippen LogP contribution in [0.1, 0.15) is 25.3 Å². The second-order valence-corrected chi connectivity index (χ2v) is 3.68. The Kier molecular flexibility index (Phi) is 4.11. The summed E-state index contributed by atoms with van der Waals surface area (Å²) in [5.41, 5.74) is 7.01. The lowest BCUT2D eigenvalue weighted by molar-refractivity contribution is 0.234. The van der Waals surface area contributed by atoms with Crippen LogP contribution in [0.4, 0.5) is 0 Å². The van der Waals surface area contributed by atoms with E-state index in [4.69, 9.17) is 10.8 Å². The van der Waals surface area contributed by atoms with Crippen LogP contribution in [0, 0.1) is 0 Å². The van der Waals surface area contributed by atoms with Gasteiger partial charge < -0.3 is 10.8 Å². The number of aliphatic hydroxyl groups is 1. The number of hydrogen-bond donors (Lipinski definition) is 2. The molecule has 2 heteroatoms. The molecule has 0 heterocycles. The van der Waals surface area contributed by atoms with E-state index in [0.29, 0.717) is 6.54 Å². The third-order valence-electron chi connectivity index (χ3n) is 3.04. The second-order valence-electron chi connectivity index (χ2n) is 3.68. The Morgan fingerprint density at radius 1 is 1.29 bits per heavy atom. The van der Waals surface area contributed by atoms with Crippen LogP contribution in [0.5, 0.6) is 0 Å². The first-order valence-corrected chi connectivity index (χ1v) is 5.15. The third-order valence-corrected chi connectivity index (χ3v) is 3.04. The van der Waals surface area contributed by atoms with Gasteiger partial charge >= 0.3 is 0 Å². The highest BCUT2D eigenvalue weighted by atomic mass is 16.3. The number of nitrogens with two attached hydrogens (primary N) is 1. The molecule has 1 aromatic carbocycles. The Balaban J connectivity index is 2.98. The van der Waals surface area contributed by atoms with Gasteiger partial charge in [-0.2, -0.15) is 0 Å². The molecule has 0 bridgehead atoms. The molecule has 0 aromatic heterocycles. The Hall–Kier alpha value is -0.860. The van der Waals surface area contributed by atoms with E-state index in [1.54, 1.807) is 0 Å². The minimum atomic E-state index is -0.0456. The maximum Gasteiger partial charge on any atom is 0.0440 e. The lowest BCUT2D eigenvalue weighted by atomic mass is 9.76. The van der Waals surface area contributed by atoms with Crippen LogP contribution >= 0.6 is 0 Å². The molecule has 1 atom stereocenters. The molecular formula is C12H19NO. The van der Waals surface area contributed by atoms with Crippen molar-refractivity contribution < 1.29 is 5.11 Å². The number of aliphatic hydroxyl groups excluding tert-OH is 1. The topological polar surface area (TPSA) is 46.2 Å². The van der Waals surface area contributed by atoms with Gasteiger partial charge in [-0.05, 0) is 18.4 Å². The molecule has 0 spiro atoms. The van der Waals surface area contributed by atoms with E-state index in [1.165, 1.54) is 5.56 Å². The highest BCUT2D eigenvalue weighted by molar-refractivity contribution is 5.25. The van der Waals surface area contributed by atoms with Crippen LogP contribution in [0.2, 0.25) is 0 Å². The van der Waals surface area contributed by atoms with Crippen LogP contribution in [0.15, 0.2) is 30.3 Å². The van der Waals surface area contributed by atoms with Crippen LogP contribution in [-0.4, -0.2) is 18.3 Å². The van der Waals surface area contributed by atoms with E-state index < -0.39 is 0 Å². The molecule has 0 fully saturated rings. The van der Waals surface area contributed by atoms with Crippen LogP contribution in [0.25, 0.3) is 0 Å². The molecule has 1 unspecified atom stereocenters. The maximum atomic E-state index is 9.07. The molecule has 0 amide bonds. The molecule has 0 saturated heterocycles. The first-order chi connectivity index (χ1) is 6.79. The fourth-order valence-electron chi connectivity index (χ4n) is 1.90. The summed E-state index contributed by atoms with van der Waals surface area (Å²) >= 11 is 0. The normalized spacial score (nSPS) is 15.1. The fourth-order valence-corrected chi connectivity index (χ4v) is 1.90. The zero-order valence-electron chi connectivity index (χ0n) is 8.74. The van der Waals surface area contributed by atoms with Crippen molar-refractivity contribution in [2.75, 3.05) is 13.2 Å². The summed E-state index contributed by atoms with van der Waals surface area (Å²) in [7, 11) is 0. The molecule has 0 aliphatic rings. The molecule has 0 aliphatic heterocycles. The molecule has 2 nitrogen and oxygen atoms in total. The fraction of sp³-hybridized carbons (Fsp3) is 0.500. The van der Waals surface area contributed by atoms with Gasteiger partial charge in [-0.1, -0.05) is 37.3 Å². The molecule has 3 N–H and O–H groups in total. The second kappa shape index (κ2) is 5.13. The third kappa shape index (κ3) is 2.14. The lowest BCUT2D eigenvalue weighted by Crippen LogP contribution is -2.35. The van der Waals surface area contributed by atoms with Crippen LogP contribution in [-0.2, 0) is 5.41 Å². The Morgan fingerprint density at radius 2 is 1.93 bits per heavy atom. The number of benzene rings is 1. The Morgan fingerprint density at radius 3 is 2.36 bits per heavy atom. The maximum absolute atomic E-state index is 9.07. The van der Waals surface area contributed by atoms with Gasteiger partial charge in [-0.15, -0.1) is 0 Å². The largest absolute Gasteiger partial charge is 0.396 e. The van der Waals surface area contributed by atoms with Gasteiger partial charge in [0.1, 0.15) is 0 Å². The molecule has 1 rings (SSSR count). The van der Waals surface area contributed by atoms with Gasteiger partial charge in [0.15, 0.2) is 0 Å². The number of hydrogen-bond acceptors (Lipinski definition) is 2. The van der Waals surface area contributed by atoms with Crippen molar-refractivity contribution in [3.63, 3.8) is 0 Å². The summed E-state index contributed by atoms with van der Waals surface area (Å²) in [6, 6.07) is 10.2. The van der Waals surface area contributed by atoms with Crippen molar-refractivity contribution >= 4 is 0 Å². The predicted molar refractivity (Wildman–Crippen MR) is 59.2 cm³/mol. The SMILES string of the molecule is CCC(CN)(CCO)c1ccccc1. The van der Waals surface area contributed by atoms with Gasteiger partial charge in [-0.25, -0.2) is 0 Å². The zero-order chi connectivity index (χ0) is 10.4. The molecule has 0 radical (unpaired) electrons. The van der Waals surface area contributed by atoms with Gasteiger partial charge in [0, 0.05) is 18.6 Å². The lowest BCUT2D eigenvalue weighted by Gasteiger charge is -2.31. The van der Waals surface area contributed by atoms with Crippen molar-refractivity contribution in [3.05, 3.63) is 35.9 Å². The summed E-state index contributed by atoms with van der Waals surface area (Å²) in [6.45, 7) is 2.91. The van der Waals surface area contributed by atoms with Gasteiger partial charge in [0.2, 0.25) is 0 Å². The van der Waals surface area contributed by atoms with E-state index in [1.807, 2.05) is 18.2 Å². The average molecular weight is 193 g/mol. The number of rotatable bonds is 5. The van der Waals surface area contributed by atoms with Gasteiger partial charge in [-0.3, -0.25) is 0 Å². The van der Waals surface area contributed by atoms with Gasteiger partial charge in [0.25, 0.3) is 0 Å². The Labute approximate surface area is 85.8 Å². The minimum absolute atomic E-state index is 0.0456. The Bertz CT molecular complexity index is 254. The molecule has 78 valence electrons.